The first-order valence-electron chi connectivity index (χ1n) is 14.0. The van der Waals surface area contributed by atoms with Crippen LogP contribution < -0.4 is 0 Å². The fourth-order valence-corrected chi connectivity index (χ4v) is 7.17. The zero-order chi connectivity index (χ0) is 28.8. The topological polar surface area (TPSA) is 19.7 Å². The first-order valence-corrected chi connectivity index (χ1v) is 14.0. The van der Waals surface area contributed by atoms with Gasteiger partial charge in [0.15, 0.2) is 0 Å². The Hall–Kier alpha value is -5.68. The minimum atomic E-state index is -0.129. The van der Waals surface area contributed by atoms with Crippen molar-refractivity contribution < 1.29 is 0 Å². The Morgan fingerprint density at radius 2 is 0.905 bits per heavy atom. The Bertz CT molecular complexity index is 2010. The number of nitrogens with zero attached hydrogens (tertiary/aromatic N) is 4. The third-order valence-electron chi connectivity index (χ3n) is 8.57. The molecule has 4 heterocycles. The van der Waals surface area contributed by atoms with Gasteiger partial charge in [0.2, 0.25) is 0 Å². The standard InChI is InChI=1S/C38H28N4/c1-5-21-39-25-13-19-31(39)35-33-27-15-9-11-17-29(27)42(24-8-4)38(33)36(32-20-14-26-40(32)22-6-2)34-28-16-10-12-18-30(28)41(23-7-3)37(34)35/h1-4,9-20,25-26,35-36H,21-24H2. The summed E-state index contributed by atoms with van der Waals surface area (Å²) in [5, 5.41) is 2.34. The second-order valence-electron chi connectivity index (χ2n) is 10.6. The summed E-state index contributed by atoms with van der Waals surface area (Å²) in [6, 6.07) is 25.6. The number of aromatic nitrogens is 4. The highest BCUT2D eigenvalue weighted by Gasteiger charge is 2.43. The molecule has 0 amide bonds. The van der Waals surface area contributed by atoms with Crippen LogP contribution >= 0.6 is 0 Å². The van der Waals surface area contributed by atoms with Crippen LogP contribution in [0, 0.1) is 49.4 Å². The molecule has 7 rings (SSSR count). The average molecular weight is 541 g/mol. The lowest BCUT2D eigenvalue weighted by atomic mass is 9.74. The minimum Gasteiger partial charge on any atom is -0.339 e. The monoisotopic (exact) mass is 540 g/mol. The molecule has 0 N–H and O–H groups in total. The normalized spacial score (nSPS) is 15.4. The molecule has 4 aromatic heterocycles. The summed E-state index contributed by atoms with van der Waals surface area (Å²) >= 11 is 0. The SMILES string of the molecule is C#CCn1cccc1C1c2c(n(CC#C)c3ccccc23)C(c2cccn2CC#C)c2c1n(CC#C)c1ccccc21. The van der Waals surface area contributed by atoms with Crippen molar-refractivity contribution in [1.29, 1.82) is 0 Å². The van der Waals surface area contributed by atoms with Gasteiger partial charge in [-0.2, -0.15) is 0 Å². The lowest BCUT2D eigenvalue weighted by molar-refractivity contribution is 0.636. The number of benzene rings is 2. The summed E-state index contributed by atoms with van der Waals surface area (Å²) in [5.74, 6) is 11.3. The smallest absolute Gasteiger partial charge is 0.0838 e. The Morgan fingerprint density at radius 1 is 0.500 bits per heavy atom. The summed E-state index contributed by atoms with van der Waals surface area (Å²) in [5.41, 5.74) is 9.28. The van der Waals surface area contributed by atoms with Crippen molar-refractivity contribution in [3.8, 4) is 49.4 Å². The third-order valence-corrected chi connectivity index (χ3v) is 8.57. The van der Waals surface area contributed by atoms with Crippen molar-refractivity contribution in [2.45, 2.75) is 38.0 Å². The maximum Gasteiger partial charge on any atom is 0.0838 e. The molecule has 200 valence electrons. The van der Waals surface area contributed by atoms with E-state index in [1.165, 1.54) is 33.3 Å². The van der Waals surface area contributed by atoms with Crippen LogP contribution in [0.4, 0.5) is 0 Å². The van der Waals surface area contributed by atoms with Crippen molar-refractivity contribution in [2.24, 2.45) is 0 Å². The molecule has 42 heavy (non-hydrogen) atoms. The predicted molar refractivity (Wildman–Crippen MR) is 170 cm³/mol. The first-order chi connectivity index (χ1) is 20.7. The number of para-hydroxylation sites is 2. The molecule has 4 heteroatoms. The Morgan fingerprint density at radius 3 is 1.31 bits per heavy atom. The van der Waals surface area contributed by atoms with Gasteiger partial charge in [-0.25, -0.2) is 0 Å². The van der Waals surface area contributed by atoms with E-state index in [9.17, 15) is 0 Å². The highest BCUT2D eigenvalue weighted by Crippen LogP contribution is 2.55. The van der Waals surface area contributed by atoms with Crippen molar-refractivity contribution in [3.63, 3.8) is 0 Å². The number of rotatable bonds is 6. The maximum absolute atomic E-state index is 6.05. The van der Waals surface area contributed by atoms with Crippen LogP contribution in [0.5, 0.6) is 0 Å². The molecule has 0 saturated carbocycles. The largest absolute Gasteiger partial charge is 0.339 e. The molecule has 0 aliphatic heterocycles. The van der Waals surface area contributed by atoms with E-state index < -0.39 is 0 Å². The van der Waals surface area contributed by atoms with E-state index in [0.717, 1.165) is 22.4 Å². The lowest BCUT2D eigenvalue weighted by Gasteiger charge is -2.34. The van der Waals surface area contributed by atoms with Crippen molar-refractivity contribution in [1.82, 2.24) is 18.3 Å². The van der Waals surface area contributed by atoms with E-state index >= 15 is 0 Å². The van der Waals surface area contributed by atoms with E-state index in [1.54, 1.807) is 0 Å². The molecular weight excluding hydrogens is 512 g/mol. The van der Waals surface area contributed by atoms with E-state index in [0.29, 0.717) is 26.2 Å². The van der Waals surface area contributed by atoms with Gasteiger partial charge in [-0.3, -0.25) is 0 Å². The number of hydrogen-bond donors (Lipinski definition) is 0. The van der Waals surface area contributed by atoms with Crippen LogP contribution in [0.1, 0.15) is 45.7 Å². The quantitative estimate of drug-likeness (QED) is 0.217. The zero-order valence-electron chi connectivity index (χ0n) is 23.2. The third kappa shape index (κ3) is 3.50. The number of hydrogen-bond acceptors (Lipinski definition) is 0. The molecule has 2 unspecified atom stereocenters. The van der Waals surface area contributed by atoms with E-state index in [1.807, 2.05) is 0 Å². The molecule has 0 spiro atoms. The summed E-state index contributed by atoms with van der Waals surface area (Å²) in [6.07, 6.45) is 28.0. The highest BCUT2D eigenvalue weighted by atomic mass is 15.1. The maximum atomic E-state index is 6.05. The minimum absolute atomic E-state index is 0.129. The summed E-state index contributed by atoms with van der Waals surface area (Å²) in [7, 11) is 0. The van der Waals surface area contributed by atoms with Gasteiger partial charge in [0.25, 0.3) is 0 Å². The summed E-state index contributed by atoms with van der Waals surface area (Å²) < 4.78 is 8.98. The zero-order valence-corrected chi connectivity index (χ0v) is 23.2. The van der Waals surface area contributed by atoms with E-state index in [2.05, 4.69) is 127 Å². The van der Waals surface area contributed by atoms with Crippen LogP contribution in [-0.2, 0) is 26.2 Å². The molecule has 2 aromatic carbocycles. The highest BCUT2D eigenvalue weighted by molar-refractivity contribution is 5.94. The van der Waals surface area contributed by atoms with Gasteiger partial charge in [-0.1, -0.05) is 60.1 Å². The summed E-state index contributed by atoms with van der Waals surface area (Å²) in [4.78, 5) is 0. The van der Waals surface area contributed by atoms with Gasteiger partial charge in [0, 0.05) is 57.0 Å². The van der Waals surface area contributed by atoms with Gasteiger partial charge in [-0.15, -0.1) is 25.7 Å². The van der Waals surface area contributed by atoms with Crippen molar-refractivity contribution in [2.75, 3.05) is 0 Å². The van der Waals surface area contributed by atoms with E-state index in [-0.39, 0.29) is 11.8 Å². The average Bonchev–Trinajstić information content (AvgIpc) is 3.79. The molecule has 4 nitrogen and oxygen atoms in total. The van der Waals surface area contributed by atoms with Crippen LogP contribution in [0.2, 0.25) is 0 Å². The van der Waals surface area contributed by atoms with Crippen LogP contribution in [0.25, 0.3) is 21.8 Å². The molecule has 0 bridgehead atoms. The van der Waals surface area contributed by atoms with E-state index in [4.69, 9.17) is 25.7 Å². The van der Waals surface area contributed by atoms with Crippen molar-refractivity contribution in [3.05, 3.63) is 119 Å². The molecule has 2 atom stereocenters. The number of terminal acetylenes is 4. The molecular formula is C38H28N4. The predicted octanol–water partition coefficient (Wildman–Crippen LogP) is 6.41. The molecule has 1 aliphatic carbocycles. The fourth-order valence-electron chi connectivity index (χ4n) is 7.17. The van der Waals surface area contributed by atoms with Gasteiger partial charge in [0.1, 0.15) is 0 Å². The summed E-state index contributed by atoms with van der Waals surface area (Å²) in [6.45, 7) is 1.82. The van der Waals surface area contributed by atoms with Crippen LogP contribution in [0.15, 0.2) is 85.2 Å². The van der Waals surface area contributed by atoms with Crippen molar-refractivity contribution >= 4 is 21.8 Å². The Kier molecular flexibility index (Phi) is 6.06. The Balaban J connectivity index is 1.72. The second-order valence-corrected chi connectivity index (χ2v) is 10.6. The first kappa shape index (κ1) is 25.3. The van der Waals surface area contributed by atoms with Gasteiger partial charge in [0.05, 0.1) is 38.0 Å². The fraction of sp³-hybridized carbons (Fsp3) is 0.158. The Labute approximate surface area is 246 Å². The molecule has 0 fully saturated rings. The van der Waals surface area contributed by atoms with Crippen LogP contribution in [-0.4, -0.2) is 18.3 Å². The van der Waals surface area contributed by atoms with Crippen LogP contribution in [0.3, 0.4) is 0 Å². The molecule has 0 radical (unpaired) electrons. The number of fused-ring (bicyclic) bond motifs is 6. The lowest BCUT2D eigenvalue weighted by Crippen LogP contribution is -2.26. The second kappa shape index (κ2) is 10.1. The van der Waals surface area contributed by atoms with Gasteiger partial charge in [-0.05, 0) is 47.5 Å². The van der Waals surface area contributed by atoms with Gasteiger partial charge >= 0.3 is 0 Å². The molecule has 1 aliphatic rings. The van der Waals surface area contributed by atoms with Gasteiger partial charge < -0.3 is 18.3 Å². The molecule has 0 saturated heterocycles. The molecule has 6 aromatic rings.